The van der Waals surface area contributed by atoms with Crippen LogP contribution in [0.4, 0.5) is 0 Å². The molecule has 25 heavy (non-hydrogen) atoms. The predicted molar refractivity (Wildman–Crippen MR) is 104 cm³/mol. The lowest BCUT2D eigenvalue weighted by molar-refractivity contribution is -0.143. The highest BCUT2D eigenvalue weighted by Gasteiger charge is 2.32. The Bertz CT molecular complexity index is 580. The average Bonchev–Trinajstić information content (AvgIpc) is 2.44. The number of hydrogen-bond acceptors (Lipinski definition) is 3. The first kappa shape index (κ1) is 21.7. The van der Waals surface area contributed by atoms with Crippen LogP contribution in [0.2, 0.25) is 0 Å². The molecular formula is C22H36O3. The highest BCUT2D eigenvalue weighted by molar-refractivity contribution is 5.76. The summed E-state index contributed by atoms with van der Waals surface area (Å²) in [6, 6.07) is 4.20. The van der Waals surface area contributed by atoms with Crippen molar-refractivity contribution in [2.75, 3.05) is 0 Å². The van der Waals surface area contributed by atoms with Crippen LogP contribution in [-0.2, 0) is 15.6 Å². The van der Waals surface area contributed by atoms with Gasteiger partial charge in [0.1, 0.15) is 5.75 Å². The zero-order valence-corrected chi connectivity index (χ0v) is 17.7. The highest BCUT2D eigenvalue weighted by atomic mass is 16.5. The van der Waals surface area contributed by atoms with E-state index in [1.807, 2.05) is 13.8 Å². The zero-order valence-electron chi connectivity index (χ0n) is 17.7. The molecule has 3 nitrogen and oxygen atoms in total. The molecule has 0 aliphatic carbocycles. The van der Waals surface area contributed by atoms with Crippen LogP contribution in [0.15, 0.2) is 12.1 Å². The molecule has 0 saturated heterocycles. The van der Waals surface area contributed by atoms with E-state index in [1.165, 1.54) is 0 Å². The third-order valence-electron chi connectivity index (χ3n) is 4.62. The average molecular weight is 349 g/mol. The third kappa shape index (κ3) is 5.31. The summed E-state index contributed by atoms with van der Waals surface area (Å²) in [6.07, 6.45) is -0.714. The largest absolute Gasteiger partial charge is 0.426 e. The lowest BCUT2D eigenvalue weighted by Crippen LogP contribution is -2.34. The minimum atomic E-state index is -0.714. The van der Waals surface area contributed by atoms with E-state index in [9.17, 15) is 9.90 Å². The van der Waals surface area contributed by atoms with Gasteiger partial charge in [-0.05, 0) is 30.6 Å². The van der Waals surface area contributed by atoms with Crippen LogP contribution in [0.5, 0.6) is 5.75 Å². The van der Waals surface area contributed by atoms with Crippen molar-refractivity contribution in [1.29, 1.82) is 0 Å². The third-order valence-corrected chi connectivity index (χ3v) is 4.62. The number of carbonyl (C=O) groups excluding carboxylic acids is 1. The molecule has 0 amide bonds. The van der Waals surface area contributed by atoms with Gasteiger partial charge in [-0.15, -0.1) is 0 Å². The van der Waals surface area contributed by atoms with Crippen LogP contribution in [0.3, 0.4) is 0 Å². The number of esters is 1. The van der Waals surface area contributed by atoms with E-state index in [-0.39, 0.29) is 22.7 Å². The zero-order chi connectivity index (χ0) is 19.7. The molecule has 0 unspecified atom stereocenters. The summed E-state index contributed by atoms with van der Waals surface area (Å²) in [4.78, 5) is 12.7. The molecule has 0 bridgehead atoms. The Hall–Kier alpha value is -1.35. The van der Waals surface area contributed by atoms with Gasteiger partial charge in [-0.2, -0.15) is 0 Å². The van der Waals surface area contributed by atoms with Gasteiger partial charge >= 0.3 is 5.97 Å². The van der Waals surface area contributed by atoms with Crippen molar-refractivity contribution in [1.82, 2.24) is 0 Å². The van der Waals surface area contributed by atoms with Crippen molar-refractivity contribution < 1.29 is 14.6 Å². The van der Waals surface area contributed by atoms with Crippen molar-refractivity contribution in [3.63, 3.8) is 0 Å². The summed E-state index contributed by atoms with van der Waals surface area (Å²) in [7, 11) is 0. The number of benzene rings is 1. The topological polar surface area (TPSA) is 46.5 Å². The Morgan fingerprint density at radius 3 is 1.68 bits per heavy atom. The Morgan fingerprint density at radius 2 is 1.36 bits per heavy atom. The molecule has 1 rings (SSSR count). The van der Waals surface area contributed by atoms with Crippen molar-refractivity contribution >= 4 is 5.97 Å². The lowest BCUT2D eigenvalue weighted by atomic mass is 9.78. The number of ether oxygens (including phenoxy) is 1. The van der Waals surface area contributed by atoms with Gasteiger partial charge in [0.2, 0.25) is 0 Å². The van der Waals surface area contributed by atoms with Gasteiger partial charge in [-0.3, -0.25) is 4.79 Å². The van der Waals surface area contributed by atoms with Crippen LogP contribution in [0.1, 0.15) is 79.0 Å². The van der Waals surface area contributed by atoms with Gasteiger partial charge in [0.05, 0.1) is 12.0 Å². The van der Waals surface area contributed by atoms with Crippen LogP contribution in [-0.4, -0.2) is 17.2 Å². The van der Waals surface area contributed by atoms with E-state index in [1.54, 1.807) is 6.92 Å². The summed E-state index contributed by atoms with van der Waals surface area (Å²) >= 11 is 0. The van der Waals surface area contributed by atoms with E-state index in [4.69, 9.17) is 4.74 Å². The van der Waals surface area contributed by atoms with Crippen LogP contribution in [0, 0.1) is 18.8 Å². The lowest BCUT2D eigenvalue weighted by Gasteiger charge is -2.31. The smallest absolute Gasteiger partial charge is 0.316 e. The van der Waals surface area contributed by atoms with E-state index in [0.717, 1.165) is 16.7 Å². The second-order valence-corrected chi connectivity index (χ2v) is 9.63. The van der Waals surface area contributed by atoms with E-state index in [2.05, 4.69) is 60.6 Å². The van der Waals surface area contributed by atoms with E-state index >= 15 is 0 Å². The molecule has 0 spiro atoms. The molecule has 2 atom stereocenters. The maximum absolute atomic E-state index is 12.7. The minimum absolute atomic E-state index is 0.00439. The maximum atomic E-state index is 12.7. The molecule has 3 heteroatoms. The predicted octanol–water partition coefficient (Wildman–Crippen LogP) is 5.15. The summed E-state index contributed by atoms with van der Waals surface area (Å²) in [5, 5.41) is 10.2. The Labute approximate surface area is 153 Å². The fourth-order valence-corrected chi connectivity index (χ4v) is 2.91. The van der Waals surface area contributed by atoms with Gasteiger partial charge in [0, 0.05) is 11.1 Å². The molecule has 142 valence electrons. The van der Waals surface area contributed by atoms with Crippen molar-refractivity contribution in [3.05, 3.63) is 28.8 Å². The van der Waals surface area contributed by atoms with Crippen LogP contribution >= 0.6 is 0 Å². The number of aryl methyl sites for hydroxylation is 1. The monoisotopic (exact) mass is 348 g/mol. The second-order valence-electron chi connectivity index (χ2n) is 9.63. The molecule has 0 aliphatic heterocycles. The summed E-state index contributed by atoms with van der Waals surface area (Å²) in [6.45, 7) is 20.3. The van der Waals surface area contributed by atoms with Crippen LogP contribution < -0.4 is 4.74 Å². The molecule has 0 saturated carbocycles. The first-order valence-corrected chi connectivity index (χ1v) is 9.21. The number of aliphatic hydroxyl groups is 1. The molecule has 1 aromatic rings. The van der Waals surface area contributed by atoms with Gasteiger partial charge in [0.25, 0.3) is 0 Å². The summed E-state index contributed by atoms with van der Waals surface area (Å²) in [5.74, 6) is -0.286. The van der Waals surface area contributed by atoms with Crippen molar-refractivity contribution in [2.45, 2.75) is 86.2 Å². The molecule has 0 radical (unpaired) electrons. The van der Waals surface area contributed by atoms with E-state index < -0.39 is 12.0 Å². The Morgan fingerprint density at radius 1 is 0.960 bits per heavy atom. The van der Waals surface area contributed by atoms with E-state index in [0.29, 0.717) is 5.75 Å². The molecular weight excluding hydrogens is 312 g/mol. The first-order valence-electron chi connectivity index (χ1n) is 9.21. The second kappa shape index (κ2) is 7.49. The Kier molecular flexibility index (Phi) is 6.50. The number of aliphatic hydroxyl groups excluding tert-OH is 1. The van der Waals surface area contributed by atoms with Gasteiger partial charge in [-0.1, -0.05) is 73.1 Å². The molecule has 0 fully saturated rings. The molecule has 0 aromatic heterocycles. The highest BCUT2D eigenvalue weighted by Crippen LogP contribution is 2.41. The molecule has 0 heterocycles. The maximum Gasteiger partial charge on any atom is 0.316 e. The fourth-order valence-electron chi connectivity index (χ4n) is 2.91. The molecule has 1 aromatic carbocycles. The van der Waals surface area contributed by atoms with Gasteiger partial charge in [0.15, 0.2) is 0 Å². The summed E-state index contributed by atoms with van der Waals surface area (Å²) < 4.78 is 5.92. The normalized spacial score (nSPS) is 15.2. The fraction of sp³-hybridized carbons (Fsp3) is 0.682. The first-order chi connectivity index (χ1) is 11.2. The minimum Gasteiger partial charge on any atom is -0.426 e. The van der Waals surface area contributed by atoms with Crippen LogP contribution in [0.25, 0.3) is 0 Å². The number of hydrogen-bond donors (Lipinski definition) is 1. The summed E-state index contributed by atoms with van der Waals surface area (Å²) in [5.41, 5.74) is 2.90. The quantitative estimate of drug-likeness (QED) is 0.605. The van der Waals surface area contributed by atoms with Crippen molar-refractivity contribution in [3.8, 4) is 5.75 Å². The standard InChI is InChI=1S/C22H36O3/c1-13(2)18(23)15(4)20(24)25-19-16(21(5,6)7)11-14(3)12-17(19)22(8,9)10/h11-13,15,18,23H,1-10H3/t15-,18+/m0/s1. The van der Waals surface area contributed by atoms with Crippen molar-refractivity contribution in [2.24, 2.45) is 11.8 Å². The van der Waals surface area contributed by atoms with Gasteiger partial charge < -0.3 is 9.84 Å². The number of rotatable bonds is 4. The Balaban J connectivity index is 3.44. The molecule has 0 aliphatic rings. The molecule has 1 N–H and O–H groups in total. The SMILES string of the molecule is Cc1cc(C(C)(C)C)c(OC(=O)[C@@H](C)[C@H](O)C(C)C)c(C(C)(C)C)c1. The van der Waals surface area contributed by atoms with Gasteiger partial charge in [-0.25, -0.2) is 0 Å². The number of carbonyl (C=O) groups is 1.